The molecule has 8 nitrogen and oxygen atoms in total. The number of pyridine rings is 1. The number of aromatic nitrogens is 3. The first-order chi connectivity index (χ1) is 16.0. The van der Waals surface area contributed by atoms with E-state index in [1.807, 2.05) is 43.4 Å². The maximum atomic E-state index is 13.2. The van der Waals surface area contributed by atoms with E-state index in [0.29, 0.717) is 23.6 Å². The predicted octanol–water partition coefficient (Wildman–Crippen LogP) is 3.24. The normalized spacial score (nSPS) is 15.7. The first kappa shape index (κ1) is 21.6. The molecule has 0 aliphatic carbocycles. The molecule has 0 radical (unpaired) electrons. The number of aromatic amines is 1. The molecule has 2 aromatic carbocycles. The molecule has 0 unspecified atom stereocenters. The summed E-state index contributed by atoms with van der Waals surface area (Å²) in [6.45, 7) is 2.44. The summed E-state index contributed by atoms with van der Waals surface area (Å²) in [5.74, 6) is 0.730. The van der Waals surface area contributed by atoms with Gasteiger partial charge in [-0.3, -0.25) is 5.10 Å². The molecule has 1 N–H and O–H groups in total. The molecule has 1 aliphatic heterocycles. The van der Waals surface area contributed by atoms with Gasteiger partial charge in [-0.05, 0) is 42.9 Å². The van der Waals surface area contributed by atoms with E-state index in [1.165, 1.54) is 0 Å². The molecule has 0 atom stereocenters. The lowest BCUT2D eigenvalue weighted by molar-refractivity contribution is 0.222. The summed E-state index contributed by atoms with van der Waals surface area (Å²) < 4.78 is 33.5. The summed E-state index contributed by atoms with van der Waals surface area (Å²) in [7, 11) is 0.0786. The number of hydrogen-bond acceptors (Lipinski definition) is 6. The second-order valence-corrected chi connectivity index (χ2v) is 10.1. The predicted molar refractivity (Wildman–Crippen MR) is 128 cm³/mol. The zero-order chi connectivity index (χ0) is 23.0. The average Bonchev–Trinajstić information content (AvgIpc) is 3.27. The number of benzene rings is 2. The average molecular weight is 464 g/mol. The molecule has 9 heteroatoms. The number of nitrogens with zero attached hydrogens (tertiary/aromatic N) is 4. The van der Waals surface area contributed by atoms with Gasteiger partial charge in [0, 0.05) is 48.9 Å². The van der Waals surface area contributed by atoms with Crippen LogP contribution < -0.4 is 4.74 Å². The van der Waals surface area contributed by atoms with Crippen LogP contribution in [0.1, 0.15) is 0 Å². The van der Waals surface area contributed by atoms with Gasteiger partial charge in [0.05, 0.1) is 17.7 Å². The Bertz CT molecular complexity index is 1410. The van der Waals surface area contributed by atoms with E-state index in [1.54, 1.807) is 35.8 Å². The first-order valence-electron chi connectivity index (χ1n) is 10.7. The van der Waals surface area contributed by atoms with Crippen LogP contribution in [0.3, 0.4) is 0 Å². The number of likely N-dealkylation sites (N-methyl/N-ethyl adjacent to an activating group) is 1. The van der Waals surface area contributed by atoms with Gasteiger partial charge in [-0.2, -0.15) is 9.40 Å². The van der Waals surface area contributed by atoms with Gasteiger partial charge < -0.3 is 9.64 Å². The summed E-state index contributed by atoms with van der Waals surface area (Å²) in [5.41, 5.74) is 3.87. The Morgan fingerprint density at radius 3 is 2.55 bits per heavy atom. The van der Waals surface area contributed by atoms with E-state index in [2.05, 4.69) is 20.1 Å². The Kier molecular flexibility index (Phi) is 5.61. The van der Waals surface area contributed by atoms with Crippen molar-refractivity contribution in [3.8, 4) is 28.1 Å². The van der Waals surface area contributed by atoms with Gasteiger partial charge >= 0.3 is 0 Å². The summed E-state index contributed by atoms with van der Waals surface area (Å²) in [4.78, 5) is 6.93. The van der Waals surface area contributed by atoms with Crippen molar-refractivity contribution in [3.63, 3.8) is 0 Å². The molecule has 0 bridgehead atoms. The van der Waals surface area contributed by atoms with E-state index < -0.39 is 10.0 Å². The number of H-pyrrole nitrogens is 1. The van der Waals surface area contributed by atoms with E-state index in [0.717, 1.165) is 46.6 Å². The van der Waals surface area contributed by atoms with E-state index >= 15 is 0 Å². The number of para-hydroxylation sites is 1. The lowest BCUT2D eigenvalue weighted by atomic mass is 10.0. The zero-order valence-electron chi connectivity index (χ0n) is 18.5. The Labute approximate surface area is 192 Å². The molecule has 0 amide bonds. The highest BCUT2D eigenvalue weighted by Crippen LogP contribution is 2.34. The summed E-state index contributed by atoms with van der Waals surface area (Å²) in [6, 6.07) is 16.7. The SMILES string of the molecule is COc1ccccc1-c1[nH]nc2ncc(-c3cccc(S(=O)(=O)N4CCN(C)CC4)c3)cc12. The van der Waals surface area contributed by atoms with E-state index in [4.69, 9.17) is 4.74 Å². The number of nitrogens with one attached hydrogen (secondary N) is 1. The van der Waals surface area contributed by atoms with Crippen molar-refractivity contribution in [2.45, 2.75) is 4.90 Å². The minimum atomic E-state index is -3.56. The van der Waals surface area contributed by atoms with Gasteiger partial charge in [-0.15, -0.1) is 0 Å². The molecule has 170 valence electrons. The number of sulfonamides is 1. The maximum absolute atomic E-state index is 13.2. The second-order valence-electron chi connectivity index (χ2n) is 8.13. The fraction of sp³-hybridized carbons (Fsp3) is 0.250. The molecule has 1 saturated heterocycles. The van der Waals surface area contributed by atoms with Crippen LogP contribution >= 0.6 is 0 Å². The number of ether oxygens (including phenoxy) is 1. The van der Waals surface area contributed by atoms with Crippen LogP contribution in [0, 0.1) is 0 Å². The topological polar surface area (TPSA) is 91.4 Å². The molecule has 4 aromatic rings. The van der Waals surface area contributed by atoms with Gasteiger partial charge in [-0.25, -0.2) is 13.4 Å². The van der Waals surface area contributed by atoms with Crippen molar-refractivity contribution in [1.29, 1.82) is 0 Å². The molecule has 5 rings (SSSR count). The largest absolute Gasteiger partial charge is 0.496 e. The number of piperazine rings is 1. The number of fused-ring (bicyclic) bond motifs is 1. The maximum Gasteiger partial charge on any atom is 0.243 e. The lowest BCUT2D eigenvalue weighted by Crippen LogP contribution is -2.47. The van der Waals surface area contributed by atoms with Gasteiger partial charge in [0.25, 0.3) is 0 Å². The van der Waals surface area contributed by atoms with Gasteiger partial charge in [0.2, 0.25) is 10.0 Å². The van der Waals surface area contributed by atoms with Crippen molar-refractivity contribution < 1.29 is 13.2 Å². The van der Waals surface area contributed by atoms with Gasteiger partial charge in [-0.1, -0.05) is 24.3 Å². The molecule has 1 aliphatic rings. The van der Waals surface area contributed by atoms with Crippen LogP contribution in [0.25, 0.3) is 33.4 Å². The number of methoxy groups -OCH3 is 1. The van der Waals surface area contributed by atoms with Crippen molar-refractivity contribution in [1.82, 2.24) is 24.4 Å². The van der Waals surface area contributed by atoms with E-state index in [-0.39, 0.29) is 0 Å². The monoisotopic (exact) mass is 463 g/mol. The zero-order valence-corrected chi connectivity index (χ0v) is 19.3. The van der Waals surface area contributed by atoms with Crippen molar-refractivity contribution >= 4 is 21.1 Å². The standard InChI is InChI=1S/C24H25N5O3S/c1-28-10-12-29(13-11-28)33(30,31)19-7-5-6-17(14-19)18-15-21-23(26-27-24(21)25-16-18)20-8-3-4-9-22(20)32-2/h3-9,14-16H,10-13H2,1-2H3,(H,25,26,27). The minimum Gasteiger partial charge on any atom is -0.496 e. The van der Waals surface area contributed by atoms with Gasteiger partial charge in [0.15, 0.2) is 5.65 Å². The summed E-state index contributed by atoms with van der Waals surface area (Å²) in [5, 5.41) is 8.24. The van der Waals surface area contributed by atoms with Crippen molar-refractivity contribution in [2.24, 2.45) is 0 Å². The van der Waals surface area contributed by atoms with E-state index in [9.17, 15) is 8.42 Å². The third kappa shape index (κ3) is 3.99. The van der Waals surface area contributed by atoms with Crippen LogP contribution in [0.5, 0.6) is 5.75 Å². The van der Waals surface area contributed by atoms with Gasteiger partial charge in [0.1, 0.15) is 5.75 Å². The Morgan fingerprint density at radius 1 is 0.970 bits per heavy atom. The first-order valence-corrected chi connectivity index (χ1v) is 12.2. The second kappa shape index (κ2) is 8.58. The fourth-order valence-electron chi connectivity index (χ4n) is 4.13. The molecular weight excluding hydrogens is 438 g/mol. The Morgan fingerprint density at radius 2 is 1.76 bits per heavy atom. The molecule has 0 saturated carbocycles. The summed E-state index contributed by atoms with van der Waals surface area (Å²) >= 11 is 0. The quantitative estimate of drug-likeness (QED) is 0.489. The fourth-order valence-corrected chi connectivity index (χ4v) is 5.60. The highest BCUT2D eigenvalue weighted by molar-refractivity contribution is 7.89. The van der Waals surface area contributed by atoms with Crippen LogP contribution in [-0.2, 0) is 10.0 Å². The van der Waals surface area contributed by atoms with Crippen LogP contribution in [0.4, 0.5) is 0 Å². The molecule has 3 heterocycles. The number of rotatable bonds is 5. The molecule has 1 fully saturated rings. The van der Waals surface area contributed by atoms with Crippen LogP contribution in [-0.4, -0.2) is 73.1 Å². The Hall–Kier alpha value is -3.27. The highest BCUT2D eigenvalue weighted by atomic mass is 32.2. The third-order valence-electron chi connectivity index (χ3n) is 6.05. The molecule has 0 spiro atoms. The lowest BCUT2D eigenvalue weighted by Gasteiger charge is -2.31. The van der Waals surface area contributed by atoms with Crippen LogP contribution in [0.15, 0.2) is 65.7 Å². The summed E-state index contributed by atoms with van der Waals surface area (Å²) in [6.07, 6.45) is 1.72. The Balaban J connectivity index is 1.54. The number of hydrogen-bond donors (Lipinski definition) is 1. The molecule has 33 heavy (non-hydrogen) atoms. The smallest absolute Gasteiger partial charge is 0.243 e. The highest BCUT2D eigenvalue weighted by Gasteiger charge is 2.27. The molecule has 2 aromatic heterocycles. The third-order valence-corrected chi connectivity index (χ3v) is 7.95. The minimum absolute atomic E-state index is 0.293. The molecular formula is C24H25N5O3S. The van der Waals surface area contributed by atoms with Crippen LogP contribution in [0.2, 0.25) is 0 Å². The van der Waals surface area contributed by atoms with Crippen molar-refractivity contribution in [3.05, 3.63) is 60.8 Å². The van der Waals surface area contributed by atoms with Crippen molar-refractivity contribution in [2.75, 3.05) is 40.3 Å².